The Morgan fingerprint density at radius 1 is 1.09 bits per heavy atom. The quantitative estimate of drug-likeness (QED) is 0.589. The number of hydrogen-bond donors (Lipinski definition) is 1. The molecule has 0 radical (unpaired) electrons. The SMILES string of the molecule is C[Si](C)(C)CCOC(=O)NCCC(=O)OCc1ccccc1. The van der Waals surface area contributed by atoms with Crippen LogP contribution in [0, 0.1) is 0 Å². The fourth-order valence-corrected chi connectivity index (χ4v) is 2.29. The predicted octanol–water partition coefficient (Wildman–Crippen LogP) is 3.18. The lowest BCUT2D eigenvalue weighted by molar-refractivity contribution is -0.144. The van der Waals surface area contributed by atoms with Crippen LogP contribution >= 0.6 is 0 Å². The Morgan fingerprint density at radius 2 is 1.77 bits per heavy atom. The molecule has 122 valence electrons. The lowest BCUT2D eigenvalue weighted by atomic mass is 10.2. The lowest BCUT2D eigenvalue weighted by Crippen LogP contribution is -2.29. The highest BCUT2D eigenvalue weighted by molar-refractivity contribution is 6.76. The molecule has 0 unspecified atom stereocenters. The van der Waals surface area contributed by atoms with E-state index < -0.39 is 14.2 Å². The molecule has 1 rings (SSSR count). The number of esters is 1. The Bertz CT molecular complexity index is 471. The fourth-order valence-electron chi connectivity index (χ4n) is 1.58. The van der Waals surface area contributed by atoms with E-state index in [4.69, 9.17) is 9.47 Å². The number of carbonyl (C=O) groups excluding carboxylic acids is 2. The van der Waals surface area contributed by atoms with Crippen LogP contribution in [0.5, 0.6) is 0 Å². The average Bonchev–Trinajstić information content (AvgIpc) is 2.45. The van der Waals surface area contributed by atoms with Gasteiger partial charge in [0.25, 0.3) is 0 Å². The van der Waals surface area contributed by atoms with Crippen LogP contribution in [-0.4, -0.2) is 33.3 Å². The summed E-state index contributed by atoms with van der Waals surface area (Å²) in [6, 6.07) is 10.4. The van der Waals surface area contributed by atoms with E-state index in [2.05, 4.69) is 25.0 Å². The summed E-state index contributed by atoms with van der Waals surface area (Å²) >= 11 is 0. The number of amides is 1. The van der Waals surface area contributed by atoms with Gasteiger partial charge >= 0.3 is 12.1 Å². The fraction of sp³-hybridized carbons (Fsp3) is 0.500. The maximum absolute atomic E-state index is 11.5. The summed E-state index contributed by atoms with van der Waals surface area (Å²) in [4.78, 5) is 23.0. The minimum absolute atomic E-state index is 0.135. The summed E-state index contributed by atoms with van der Waals surface area (Å²) in [5.74, 6) is -0.341. The Labute approximate surface area is 133 Å². The summed E-state index contributed by atoms with van der Waals surface area (Å²) in [5.41, 5.74) is 0.939. The molecule has 0 spiro atoms. The van der Waals surface area contributed by atoms with Gasteiger partial charge in [0.2, 0.25) is 0 Å². The van der Waals surface area contributed by atoms with Crippen molar-refractivity contribution in [3.63, 3.8) is 0 Å². The molecular weight excluding hydrogens is 298 g/mol. The summed E-state index contributed by atoms with van der Waals surface area (Å²) in [7, 11) is -1.20. The van der Waals surface area contributed by atoms with Gasteiger partial charge in [0.1, 0.15) is 6.61 Å². The second-order valence-electron chi connectivity index (χ2n) is 6.27. The van der Waals surface area contributed by atoms with E-state index in [1.165, 1.54) is 0 Å². The molecule has 0 aliphatic heterocycles. The summed E-state index contributed by atoms with van der Waals surface area (Å²) in [5, 5.41) is 2.55. The molecular formula is C16H25NO4Si. The normalized spacial score (nSPS) is 10.9. The maximum atomic E-state index is 11.5. The third-order valence-corrected chi connectivity index (χ3v) is 4.63. The molecule has 0 saturated carbocycles. The van der Waals surface area contributed by atoms with Crippen molar-refractivity contribution < 1.29 is 19.1 Å². The Balaban J connectivity index is 2.08. The molecule has 0 atom stereocenters. The van der Waals surface area contributed by atoms with Crippen molar-refractivity contribution in [2.24, 2.45) is 0 Å². The first kappa shape index (κ1) is 18.2. The van der Waals surface area contributed by atoms with Gasteiger partial charge in [-0.05, 0) is 11.6 Å². The molecule has 0 bridgehead atoms. The van der Waals surface area contributed by atoms with E-state index in [1.54, 1.807) is 0 Å². The topological polar surface area (TPSA) is 64.6 Å². The summed E-state index contributed by atoms with van der Waals surface area (Å²) in [6.45, 7) is 7.56. The van der Waals surface area contributed by atoms with Gasteiger partial charge in [0.05, 0.1) is 13.0 Å². The number of ether oxygens (including phenoxy) is 2. The molecule has 1 aromatic rings. The number of nitrogens with one attached hydrogen (secondary N) is 1. The molecule has 1 amide bonds. The third-order valence-electron chi connectivity index (χ3n) is 2.93. The van der Waals surface area contributed by atoms with E-state index in [0.717, 1.165) is 11.6 Å². The van der Waals surface area contributed by atoms with Crippen molar-refractivity contribution in [2.45, 2.75) is 38.7 Å². The Hall–Kier alpha value is -1.82. The number of rotatable bonds is 8. The molecule has 1 aromatic carbocycles. The van der Waals surface area contributed by atoms with Crippen LogP contribution in [0.25, 0.3) is 0 Å². The van der Waals surface area contributed by atoms with Gasteiger partial charge in [-0.2, -0.15) is 0 Å². The maximum Gasteiger partial charge on any atom is 0.407 e. The van der Waals surface area contributed by atoms with E-state index in [-0.39, 0.29) is 25.5 Å². The first-order chi connectivity index (χ1) is 10.4. The smallest absolute Gasteiger partial charge is 0.407 e. The zero-order chi connectivity index (χ0) is 16.4. The number of benzene rings is 1. The number of hydrogen-bond acceptors (Lipinski definition) is 4. The molecule has 22 heavy (non-hydrogen) atoms. The molecule has 0 saturated heterocycles. The van der Waals surface area contributed by atoms with E-state index in [0.29, 0.717) is 6.61 Å². The van der Waals surface area contributed by atoms with Crippen LogP contribution in [0.3, 0.4) is 0 Å². The van der Waals surface area contributed by atoms with E-state index >= 15 is 0 Å². The van der Waals surface area contributed by atoms with Gasteiger partial charge < -0.3 is 14.8 Å². The second-order valence-corrected chi connectivity index (χ2v) is 11.9. The second kappa shape index (κ2) is 9.25. The van der Waals surface area contributed by atoms with Crippen molar-refractivity contribution >= 4 is 20.1 Å². The minimum Gasteiger partial charge on any atom is -0.461 e. The lowest BCUT2D eigenvalue weighted by Gasteiger charge is -2.15. The summed E-state index contributed by atoms with van der Waals surface area (Å²) < 4.78 is 10.2. The first-order valence-electron chi connectivity index (χ1n) is 7.47. The molecule has 0 heterocycles. The molecule has 0 aromatic heterocycles. The highest BCUT2D eigenvalue weighted by Gasteiger charge is 2.13. The predicted molar refractivity (Wildman–Crippen MR) is 88.4 cm³/mol. The van der Waals surface area contributed by atoms with Gasteiger partial charge in [0, 0.05) is 14.6 Å². The van der Waals surface area contributed by atoms with Gasteiger partial charge in [-0.15, -0.1) is 0 Å². The van der Waals surface area contributed by atoms with Crippen LogP contribution in [0.15, 0.2) is 30.3 Å². The van der Waals surface area contributed by atoms with Crippen molar-refractivity contribution in [3.05, 3.63) is 35.9 Å². The Morgan fingerprint density at radius 3 is 2.41 bits per heavy atom. The molecule has 0 aliphatic carbocycles. The monoisotopic (exact) mass is 323 g/mol. The van der Waals surface area contributed by atoms with Gasteiger partial charge in [-0.1, -0.05) is 50.0 Å². The van der Waals surface area contributed by atoms with Crippen LogP contribution in [0.4, 0.5) is 4.79 Å². The zero-order valence-electron chi connectivity index (χ0n) is 13.6. The van der Waals surface area contributed by atoms with Gasteiger partial charge in [-0.3, -0.25) is 4.79 Å². The first-order valence-corrected chi connectivity index (χ1v) is 11.2. The molecule has 5 nitrogen and oxygen atoms in total. The van der Waals surface area contributed by atoms with Crippen LogP contribution in [0.1, 0.15) is 12.0 Å². The molecule has 0 aliphatic rings. The van der Waals surface area contributed by atoms with Crippen LogP contribution < -0.4 is 5.32 Å². The highest BCUT2D eigenvalue weighted by Crippen LogP contribution is 2.07. The zero-order valence-corrected chi connectivity index (χ0v) is 14.6. The standard InChI is InChI=1S/C16H25NO4Si/c1-22(2,3)12-11-20-16(19)17-10-9-15(18)21-13-14-7-5-4-6-8-14/h4-8H,9-13H2,1-3H3,(H,17,19). The van der Waals surface area contributed by atoms with Gasteiger partial charge in [0.15, 0.2) is 0 Å². The van der Waals surface area contributed by atoms with Crippen LogP contribution in [-0.2, 0) is 20.9 Å². The molecule has 1 N–H and O–H groups in total. The molecule has 0 fully saturated rings. The third kappa shape index (κ3) is 9.18. The summed E-state index contributed by atoms with van der Waals surface area (Å²) in [6.07, 6.45) is -0.343. The van der Waals surface area contributed by atoms with Gasteiger partial charge in [-0.25, -0.2) is 4.79 Å². The minimum atomic E-state index is -1.20. The Kier molecular flexibility index (Phi) is 7.66. The van der Waals surface area contributed by atoms with Crippen molar-refractivity contribution in [2.75, 3.05) is 13.2 Å². The number of alkyl carbamates (subject to hydrolysis) is 1. The highest BCUT2D eigenvalue weighted by atomic mass is 28.3. The average molecular weight is 323 g/mol. The largest absolute Gasteiger partial charge is 0.461 e. The molecule has 6 heteroatoms. The van der Waals surface area contributed by atoms with Crippen molar-refractivity contribution in [1.82, 2.24) is 5.32 Å². The van der Waals surface area contributed by atoms with Crippen molar-refractivity contribution in [3.8, 4) is 0 Å². The van der Waals surface area contributed by atoms with Crippen LogP contribution in [0.2, 0.25) is 25.7 Å². The number of carbonyl (C=O) groups is 2. The van der Waals surface area contributed by atoms with E-state index in [9.17, 15) is 9.59 Å². The van der Waals surface area contributed by atoms with E-state index in [1.807, 2.05) is 30.3 Å². The van der Waals surface area contributed by atoms with Crippen molar-refractivity contribution in [1.29, 1.82) is 0 Å².